The Morgan fingerprint density at radius 3 is 3.00 bits per heavy atom. The summed E-state index contributed by atoms with van der Waals surface area (Å²) >= 11 is 0. The molecule has 1 aliphatic heterocycles. The summed E-state index contributed by atoms with van der Waals surface area (Å²) in [5.41, 5.74) is 0.934. The lowest BCUT2D eigenvalue weighted by atomic mass is 10.2. The fourth-order valence-corrected chi connectivity index (χ4v) is 3.30. The third-order valence-corrected chi connectivity index (χ3v) is 4.58. The molecule has 25 heavy (non-hydrogen) atoms. The van der Waals surface area contributed by atoms with Crippen molar-refractivity contribution in [3.05, 3.63) is 42.2 Å². The summed E-state index contributed by atoms with van der Waals surface area (Å²) in [6, 6.07) is 7.56. The van der Waals surface area contributed by atoms with Gasteiger partial charge in [0, 0.05) is 25.5 Å². The minimum Gasteiger partial charge on any atom is -0.380 e. The zero-order chi connectivity index (χ0) is 17.4. The van der Waals surface area contributed by atoms with Gasteiger partial charge in [-0.3, -0.25) is 9.48 Å². The van der Waals surface area contributed by atoms with Gasteiger partial charge in [-0.2, -0.15) is 10.1 Å². The molecule has 0 unspecified atom stereocenters. The van der Waals surface area contributed by atoms with E-state index in [1.54, 1.807) is 29.8 Å². The number of likely N-dealkylation sites (tertiary alicyclic amines) is 1. The molecule has 130 valence electrons. The van der Waals surface area contributed by atoms with E-state index in [1.807, 2.05) is 24.3 Å². The molecule has 0 saturated carbocycles. The Morgan fingerprint density at radius 2 is 2.24 bits per heavy atom. The molecule has 4 rings (SSSR count). The third-order valence-electron chi connectivity index (χ3n) is 4.58. The monoisotopic (exact) mass is 341 g/mol. The van der Waals surface area contributed by atoms with Crippen LogP contribution in [0.4, 0.5) is 0 Å². The topological polar surface area (TPSA) is 86.3 Å². The van der Waals surface area contributed by atoms with Gasteiger partial charge in [0.05, 0.1) is 17.8 Å². The fraction of sp³-hybridized carbons (Fsp3) is 0.412. The maximum absolute atomic E-state index is 12.9. The van der Waals surface area contributed by atoms with Crippen LogP contribution in [0.25, 0.3) is 10.9 Å². The first kappa shape index (κ1) is 15.8. The Bertz CT molecular complexity index is 902. The quantitative estimate of drug-likeness (QED) is 0.718. The van der Waals surface area contributed by atoms with Crippen LogP contribution in [0.15, 0.2) is 35.0 Å². The fourth-order valence-electron chi connectivity index (χ4n) is 3.30. The number of aromatic nitrogens is 4. The number of ether oxygens (including phenoxy) is 1. The summed E-state index contributed by atoms with van der Waals surface area (Å²) in [5, 5.41) is 9.18. The number of aryl methyl sites for hydroxylation is 1. The summed E-state index contributed by atoms with van der Waals surface area (Å²) in [5.74, 6) is 0.964. The molecule has 0 aliphatic carbocycles. The smallest absolute Gasteiger partial charge is 0.249 e. The van der Waals surface area contributed by atoms with Crippen molar-refractivity contribution in [1.29, 1.82) is 0 Å². The Labute approximate surface area is 144 Å². The number of rotatable bonds is 4. The minimum absolute atomic E-state index is 0.0458. The lowest BCUT2D eigenvalue weighted by Gasteiger charge is -2.21. The molecule has 1 aliphatic rings. The predicted molar refractivity (Wildman–Crippen MR) is 88.6 cm³/mol. The second-order valence-corrected chi connectivity index (χ2v) is 6.20. The van der Waals surface area contributed by atoms with Crippen molar-refractivity contribution in [2.45, 2.75) is 32.0 Å². The van der Waals surface area contributed by atoms with Gasteiger partial charge in [-0.25, -0.2) is 0 Å². The lowest BCUT2D eigenvalue weighted by Crippen LogP contribution is -2.35. The summed E-state index contributed by atoms with van der Waals surface area (Å²) in [7, 11) is 1.65. The molecule has 1 saturated heterocycles. The van der Waals surface area contributed by atoms with Crippen LogP contribution in [-0.4, -0.2) is 50.5 Å². The van der Waals surface area contributed by atoms with Crippen molar-refractivity contribution >= 4 is 16.8 Å². The predicted octanol–water partition coefficient (Wildman–Crippen LogP) is 1.72. The van der Waals surface area contributed by atoms with E-state index in [4.69, 9.17) is 9.26 Å². The Hall–Kier alpha value is -2.74. The third kappa shape index (κ3) is 2.89. The van der Waals surface area contributed by atoms with E-state index in [0.717, 1.165) is 10.9 Å². The van der Waals surface area contributed by atoms with Crippen LogP contribution >= 0.6 is 0 Å². The highest BCUT2D eigenvalue weighted by molar-refractivity contribution is 5.82. The van der Waals surface area contributed by atoms with Crippen molar-refractivity contribution in [2.24, 2.45) is 0 Å². The van der Waals surface area contributed by atoms with Gasteiger partial charge in [-0.1, -0.05) is 23.4 Å². The molecule has 0 spiro atoms. The number of fused-ring (bicyclic) bond motifs is 1. The largest absolute Gasteiger partial charge is 0.380 e. The second-order valence-electron chi connectivity index (χ2n) is 6.20. The molecular weight excluding hydrogens is 322 g/mol. The SMILES string of the molecule is CO[C@@H]1C[C@H](c2nc(C)no2)N(C(=O)Cn2ncc3ccccc32)C1. The number of para-hydroxylation sites is 1. The molecule has 8 heteroatoms. The van der Waals surface area contributed by atoms with Crippen molar-refractivity contribution in [2.75, 3.05) is 13.7 Å². The van der Waals surface area contributed by atoms with E-state index in [2.05, 4.69) is 15.2 Å². The standard InChI is InChI=1S/C17H19N5O3/c1-11-19-17(25-20-11)15-7-13(24-2)9-21(15)16(23)10-22-14-6-4-3-5-12(14)8-18-22/h3-6,8,13,15H,7,9-10H2,1-2H3/t13-,15-/m1/s1. The molecule has 3 heterocycles. The number of hydrogen-bond acceptors (Lipinski definition) is 6. The van der Waals surface area contributed by atoms with Gasteiger partial charge in [-0.15, -0.1) is 0 Å². The first-order chi connectivity index (χ1) is 12.2. The second kappa shape index (κ2) is 6.29. The molecule has 3 aromatic rings. The van der Waals surface area contributed by atoms with Gasteiger partial charge in [-0.05, 0) is 13.0 Å². The lowest BCUT2D eigenvalue weighted by molar-refractivity contribution is -0.133. The van der Waals surface area contributed by atoms with Gasteiger partial charge in [0.1, 0.15) is 12.6 Å². The van der Waals surface area contributed by atoms with Gasteiger partial charge in [0.25, 0.3) is 0 Å². The average molecular weight is 341 g/mol. The van der Waals surface area contributed by atoms with Crippen LogP contribution in [0.3, 0.4) is 0 Å². The molecule has 8 nitrogen and oxygen atoms in total. The van der Waals surface area contributed by atoms with Crippen LogP contribution in [0.1, 0.15) is 24.2 Å². The van der Waals surface area contributed by atoms with Gasteiger partial charge < -0.3 is 14.2 Å². The zero-order valence-corrected chi connectivity index (χ0v) is 14.1. The van der Waals surface area contributed by atoms with Gasteiger partial charge >= 0.3 is 0 Å². The normalized spacial score (nSPS) is 20.5. The highest BCUT2D eigenvalue weighted by Gasteiger charge is 2.39. The number of methoxy groups -OCH3 is 1. The Morgan fingerprint density at radius 1 is 1.40 bits per heavy atom. The molecule has 0 bridgehead atoms. The highest BCUT2D eigenvalue weighted by Crippen LogP contribution is 2.32. The number of hydrogen-bond donors (Lipinski definition) is 0. The summed E-state index contributed by atoms with van der Waals surface area (Å²) < 4.78 is 12.5. The first-order valence-electron chi connectivity index (χ1n) is 8.18. The van der Waals surface area contributed by atoms with Gasteiger partial charge in [0.2, 0.25) is 11.8 Å². The summed E-state index contributed by atoms with van der Waals surface area (Å²) in [4.78, 5) is 19.0. The van der Waals surface area contributed by atoms with E-state index < -0.39 is 0 Å². The highest BCUT2D eigenvalue weighted by atomic mass is 16.5. The van der Waals surface area contributed by atoms with Crippen molar-refractivity contribution in [3.63, 3.8) is 0 Å². The molecular formula is C17H19N5O3. The molecule has 0 N–H and O–H groups in total. The summed E-state index contributed by atoms with van der Waals surface area (Å²) in [6.45, 7) is 2.42. The zero-order valence-electron chi connectivity index (χ0n) is 14.1. The molecule has 2 atom stereocenters. The van der Waals surface area contributed by atoms with E-state index in [1.165, 1.54) is 0 Å². The average Bonchev–Trinajstić information content (AvgIpc) is 3.33. The van der Waals surface area contributed by atoms with Crippen LogP contribution < -0.4 is 0 Å². The molecule has 1 aromatic carbocycles. The number of nitrogens with zero attached hydrogens (tertiary/aromatic N) is 5. The van der Waals surface area contributed by atoms with E-state index >= 15 is 0 Å². The Balaban J connectivity index is 1.58. The minimum atomic E-state index is -0.263. The summed E-state index contributed by atoms with van der Waals surface area (Å²) in [6.07, 6.45) is 2.36. The van der Waals surface area contributed by atoms with E-state index in [0.29, 0.717) is 24.7 Å². The molecule has 0 radical (unpaired) electrons. The van der Waals surface area contributed by atoms with Crippen molar-refractivity contribution in [3.8, 4) is 0 Å². The van der Waals surface area contributed by atoms with Crippen LogP contribution in [-0.2, 0) is 16.1 Å². The maximum atomic E-state index is 12.9. The van der Waals surface area contributed by atoms with Crippen LogP contribution in [0.5, 0.6) is 0 Å². The molecule has 1 amide bonds. The first-order valence-corrected chi connectivity index (χ1v) is 8.18. The van der Waals surface area contributed by atoms with Crippen molar-refractivity contribution in [1.82, 2.24) is 24.8 Å². The number of benzene rings is 1. The van der Waals surface area contributed by atoms with Crippen molar-refractivity contribution < 1.29 is 14.1 Å². The number of amides is 1. The van der Waals surface area contributed by atoms with Crippen LogP contribution in [0, 0.1) is 6.92 Å². The van der Waals surface area contributed by atoms with E-state index in [-0.39, 0.29) is 24.6 Å². The Kier molecular flexibility index (Phi) is 3.96. The molecule has 1 fully saturated rings. The van der Waals surface area contributed by atoms with Crippen LogP contribution in [0.2, 0.25) is 0 Å². The van der Waals surface area contributed by atoms with Gasteiger partial charge in [0.15, 0.2) is 5.82 Å². The molecule has 2 aromatic heterocycles. The number of carbonyl (C=O) groups excluding carboxylic acids is 1. The van der Waals surface area contributed by atoms with E-state index in [9.17, 15) is 4.79 Å². The maximum Gasteiger partial charge on any atom is 0.249 e. The number of carbonyl (C=O) groups is 1.